The van der Waals surface area contributed by atoms with Gasteiger partial charge in [0.2, 0.25) is 5.88 Å². The highest BCUT2D eigenvalue weighted by Crippen LogP contribution is 2.31. The number of carbonyl (C=O) groups is 1. The standard InChI is InChI=1S/C19H18F3N5O2/c1-26-18(29-2)14-4-3-11(7-15(14)25-26)17(28)24-13-9-27(10-13)16-8-12(5-6-23-16)19(20,21)22/h3-8,13H,9-10H2,1-2H3,(H,24,28). The third-order valence-electron chi connectivity index (χ3n) is 4.85. The molecule has 1 fully saturated rings. The SMILES string of the molecule is COc1c2ccc(C(=O)NC3CN(c4cc(C(F)(F)F)ccn4)C3)cc2nn1C. The van der Waals surface area contributed by atoms with Crippen molar-refractivity contribution in [3.05, 3.63) is 47.7 Å². The van der Waals surface area contributed by atoms with Gasteiger partial charge in [-0.05, 0) is 30.3 Å². The maximum absolute atomic E-state index is 12.8. The van der Waals surface area contributed by atoms with Gasteiger partial charge in [0.1, 0.15) is 5.82 Å². The molecule has 0 atom stereocenters. The van der Waals surface area contributed by atoms with Crippen molar-refractivity contribution in [2.45, 2.75) is 12.2 Å². The van der Waals surface area contributed by atoms with E-state index in [2.05, 4.69) is 15.4 Å². The summed E-state index contributed by atoms with van der Waals surface area (Å²) in [5.41, 5.74) is 0.350. The average molecular weight is 405 g/mol. The molecule has 0 unspecified atom stereocenters. The van der Waals surface area contributed by atoms with Crippen LogP contribution in [-0.2, 0) is 13.2 Å². The lowest BCUT2D eigenvalue weighted by molar-refractivity contribution is -0.137. The van der Waals surface area contributed by atoms with E-state index in [1.165, 1.54) is 0 Å². The fourth-order valence-electron chi connectivity index (χ4n) is 3.35. The second kappa shape index (κ2) is 6.94. The van der Waals surface area contributed by atoms with Crippen LogP contribution in [0.1, 0.15) is 15.9 Å². The molecule has 1 amide bonds. The van der Waals surface area contributed by atoms with Crippen molar-refractivity contribution in [2.75, 3.05) is 25.1 Å². The van der Waals surface area contributed by atoms with Gasteiger partial charge in [0.15, 0.2) is 0 Å². The first kappa shape index (κ1) is 19.0. The summed E-state index contributed by atoms with van der Waals surface area (Å²) in [6.45, 7) is 0.777. The number of benzene rings is 1. The van der Waals surface area contributed by atoms with Crippen LogP contribution in [0, 0.1) is 0 Å². The van der Waals surface area contributed by atoms with Crippen LogP contribution in [0.3, 0.4) is 0 Å². The van der Waals surface area contributed by atoms with Gasteiger partial charge in [-0.3, -0.25) is 4.79 Å². The Hall–Kier alpha value is -3.30. The molecule has 0 spiro atoms. The number of rotatable bonds is 4. The highest BCUT2D eigenvalue weighted by molar-refractivity contribution is 5.99. The summed E-state index contributed by atoms with van der Waals surface area (Å²) in [5, 5.41) is 8.01. The number of aryl methyl sites for hydroxylation is 1. The van der Waals surface area contributed by atoms with Gasteiger partial charge < -0.3 is 15.0 Å². The Morgan fingerprint density at radius 2 is 2.00 bits per heavy atom. The zero-order valence-electron chi connectivity index (χ0n) is 15.7. The summed E-state index contributed by atoms with van der Waals surface area (Å²) in [7, 11) is 3.31. The van der Waals surface area contributed by atoms with Crippen molar-refractivity contribution >= 4 is 22.6 Å². The molecular formula is C19H18F3N5O2. The Morgan fingerprint density at radius 3 is 2.69 bits per heavy atom. The van der Waals surface area contributed by atoms with E-state index in [4.69, 9.17) is 4.74 Å². The van der Waals surface area contributed by atoms with E-state index in [0.717, 1.165) is 23.7 Å². The average Bonchev–Trinajstić information content (AvgIpc) is 2.97. The largest absolute Gasteiger partial charge is 0.481 e. The molecule has 1 saturated heterocycles. The van der Waals surface area contributed by atoms with E-state index in [9.17, 15) is 18.0 Å². The number of halogens is 3. The Labute approximate surface area is 164 Å². The van der Waals surface area contributed by atoms with Crippen LogP contribution in [0.2, 0.25) is 0 Å². The lowest BCUT2D eigenvalue weighted by atomic mass is 10.1. The summed E-state index contributed by atoms with van der Waals surface area (Å²) < 4.78 is 45.4. The van der Waals surface area contributed by atoms with Crippen molar-refractivity contribution < 1.29 is 22.7 Å². The summed E-state index contributed by atoms with van der Waals surface area (Å²) in [6, 6.07) is 6.92. The number of alkyl halides is 3. The van der Waals surface area contributed by atoms with Crippen LogP contribution in [-0.4, -0.2) is 46.9 Å². The van der Waals surface area contributed by atoms with E-state index < -0.39 is 11.7 Å². The third kappa shape index (κ3) is 3.57. The summed E-state index contributed by atoms with van der Waals surface area (Å²) in [5.74, 6) is 0.584. The minimum atomic E-state index is -4.41. The molecular weight excluding hydrogens is 387 g/mol. The molecule has 7 nitrogen and oxygen atoms in total. The summed E-state index contributed by atoms with van der Waals surface area (Å²) in [6.07, 6.45) is -3.27. The molecule has 1 aliphatic rings. The molecule has 29 heavy (non-hydrogen) atoms. The molecule has 152 valence electrons. The number of anilines is 1. The number of nitrogens with zero attached hydrogens (tertiary/aromatic N) is 4. The molecule has 0 aliphatic carbocycles. The molecule has 3 heterocycles. The Morgan fingerprint density at radius 1 is 1.24 bits per heavy atom. The second-order valence-corrected chi connectivity index (χ2v) is 6.84. The molecule has 4 rings (SSSR count). The van der Waals surface area contributed by atoms with Crippen LogP contribution in [0.4, 0.5) is 19.0 Å². The predicted molar refractivity (Wildman–Crippen MR) is 100.0 cm³/mol. The van der Waals surface area contributed by atoms with Gasteiger partial charge in [-0.15, -0.1) is 0 Å². The lowest BCUT2D eigenvalue weighted by Crippen LogP contribution is -2.59. The third-order valence-corrected chi connectivity index (χ3v) is 4.85. The number of aromatic nitrogens is 3. The van der Waals surface area contributed by atoms with Crippen molar-refractivity contribution in [2.24, 2.45) is 7.05 Å². The van der Waals surface area contributed by atoms with E-state index in [1.807, 2.05) is 0 Å². The van der Waals surface area contributed by atoms with Gasteiger partial charge in [0.05, 0.1) is 29.6 Å². The quantitative estimate of drug-likeness (QED) is 0.723. The topological polar surface area (TPSA) is 72.3 Å². The van der Waals surface area contributed by atoms with Gasteiger partial charge in [-0.25, -0.2) is 9.67 Å². The minimum Gasteiger partial charge on any atom is -0.481 e. The first-order valence-corrected chi connectivity index (χ1v) is 8.86. The summed E-state index contributed by atoms with van der Waals surface area (Å²) >= 11 is 0. The molecule has 0 saturated carbocycles. The van der Waals surface area contributed by atoms with Crippen LogP contribution in [0.15, 0.2) is 36.5 Å². The number of ether oxygens (including phenoxy) is 1. The number of fused-ring (bicyclic) bond motifs is 1. The number of pyridine rings is 1. The Kier molecular flexibility index (Phi) is 4.56. The van der Waals surface area contributed by atoms with Crippen LogP contribution in [0.5, 0.6) is 5.88 Å². The van der Waals surface area contributed by atoms with Gasteiger partial charge in [0.25, 0.3) is 5.91 Å². The number of amides is 1. The highest BCUT2D eigenvalue weighted by Gasteiger charge is 2.34. The Balaban J connectivity index is 1.40. The zero-order chi connectivity index (χ0) is 20.8. The molecule has 0 radical (unpaired) electrons. The van der Waals surface area contributed by atoms with Crippen LogP contribution >= 0.6 is 0 Å². The maximum Gasteiger partial charge on any atom is 0.416 e. The monoisotopic (exact) mass is 405 g/mol. The molecule has 2 aromatic heterocycles. The number of hydrogen-bond acceptors (Lipinski definition) is 5. The van der Waals surface area contributed by atoms with E-state index >= 15 is 0 Å². The maximum atomic E-state index is 12.8. The van der Waals surface area contributed by atoms with Crippen molar-refractivity contribution in [1.29, 1.82) is 0 Å². The first-order chi connectivity index (χ1) is 13.8. The van der Waals surface area contributed by atoms with E-state index in [1.54, 1.807) is 41.9 Å². The second-order valence-electron chi connectivity index (χ2n) is 6.84. The van der Waals surface area contributed by atoms with E-state index in [-0.39, 0.29) is 17.8 Å². The van der Waals surface area contributed by atoms with E-state index in [0.29, 0.717) is 30.0 Å². The molecule has 1 aromatic carbocycles. The Bertz CT molecular complexity index is 1070. The predicted octanol–water partition coefficient (Wildman–Crippen LogP) is 2.61. The van der Waals surface area contributed by atoms with Gasteiger partial charge in [0, 0.05) is 31.9 Å². The first-order valence-electron chi connectivity index (χ1n) is 8.86. The number of methoxy groups -OCH3 is 1. The molecule has 0 bridgehead atoms. The van der Waals surface area contributed by atoms with Crippen molar-refractivity contribution in [1.82, 2.24) is 20.1 Å². The van der Waals surface area contributed by atoms with Crippen LogP contribution in [0.25, 0.3) is 10.9 Å². The highest BCUT2D eigenvalue weighted by atomic mass is 19.4. The molecule has 10 heteroatoms. The summed E-state index contributed by atoms with van der Waals surface area (Å²) in [4.78, 5) is 18.2. The van der Waals surface area contributed by atoms with Crippen molar-refractivity contribution in [3.63, 3.8) is 0 Å². The van der Waals surface area contributed by atoms with Gasteiger partial charge in [-0.1, -0.05) is 0 Å². The molecule has 3 aromatic rings. The fourth-order valence-corrected chi connectivity index (χ4v) is 3.35. The van der Waals surface area contributed by atoms with Gasteiger partial charge >= 0.3 is 6.18 Å². The lowest BCUT2D eigenvalue weighted by Gasteiger charge is -2.40. The number of carbonyl (C=O) groups excluding carboxylic acids is 1. The smallest absolute Gasteiger partial charge is 0.416 e. The van der Waals surface area contributed by atoms with Crippen LogP contribution < -0.4 is 15.0 Å². The fraction of sp³-hybridized carbons (Fsp3) is 0.316. The normalized spacial score (nSPS) is 14.7. The molecule has 1 aliphatic heterocycles. The van der Waals surface area contributed by atoms with Crippen molar-refractivity contribution in [3.8, 4) is 5.88 Å². The van der Waals surface area contributed by atoms with Gasteiger partial charge in [-0.2, -0.15) is 18.3 Å². The number of hydrogen-bond donors (Lipinski definition) is 1. The minimum absolute atomic E-state index is 0.173. The molecule has 1 N–H and O–H groups in total. The number of nitrogens with one attached hydrogen (secondary N) is 1. The zero-order valence-corrected chi connectivity index (χ0v) is 15.7.